The number of hydrogen-bond donors (Lipinski definition) is 3. The SMILES string of the molecule is COc1cccc(NC(=O)C[NH+](C)CC(=O)N2c3ccccc3NC(=O)C2(C)C)c1. The third kappa shape index (κ3) is 4.44. The first-order valence-corrected chi connectivity index (χ1v) is 9.71. The maximum absolute atomic E-state index is 13.1. The van der Waals surface area contributed by atoms with E-state index in [4.69, 9.17) is 4.74 Å². The van der Waals surface area contributed by atoms with E-state index in [1.165, 1.54) is 4.90 Å². The Balaban J connectivity index is 1.67. The first-order valence-electron chi connectivity index (χ1n) is 9.71. The van der Waals surface area contributed by atoms with Gasteiger partial charge in [-0.3, -0.25) is 19.3 Å². The molecule has 0 aromatic heterocycles. The Morgan fingerprint density at radius 2 is 1.87 bits per heavy atom. The molecule has 3 amide bonds. The number of nitrogens with one attached hydrogen (secondary N) is 3. The monoisotopic (exact) mass is 411 g/mol. The van der Waals surface area contributed by atoms with Crippen LogP contribution < -0.4 is 25.2 Å². The summed E-state index contributed by atoms with van der Waals surface area (Å²) in [6, 6.07) is 14.3. The summed E-state index contributed by atoms with van der Waals surface area (Å²) in [5.41, 5.74) is 0.847. The summed E-state index contributed by atoms with van der Waals surface area (Å²) in [5.74, 6) is -0.0468. The number of anilines is 3. The van der Waals surface area contributed by atoms with Crippen LogP contribution in [0.3, 0.4) is 0 Å². The van der Waals surface area contributed by atoms with Gasteiger partial charge in [0, 0.05) is 11.8 Å². The fraction of sp³-hybridized carbons (Fsp3) is 0.318. The van der Waals surface area contributed by atoms with Crippen molar-refractivity contribution in [2.24, 2.45) is 0 Å². The molecule has 0 saturated carbocycles. The van der Waals surface area contributed by atoms with E-state index in [9.17, 15) is 14.4 Å². The van der Waals surface area contributed by atoms with Gasteiger partial charge in [0.05, 0.1) is 25.5 Å². The number of para-hydroxylation sites is 2. The highest BCUT2D eigenvalue weighted by Gasteiger charge is 2.44. The smallest absolute Gasteiger partial charge is 0.283 e. The maximum Gasteiger partial charge on any atom is 0.283 e. The summed E-state index contributed by atoms with van der Waals surface area (Å²) in [5, 5.41) is 5.65. The topological polar surface area (TPSA) is 92.2 Å². The lowest BCUT2D eigenvalue weighted by atomic mass is 9.96. The van der Waals surface area contributed by atoms with Crippen molar-refractivity contribution in [3.8, 4) is 5.75 Å². The van der Waals surface area contributed by atoms with E-state index in [-0.39, 0.29) is 30.8 Å². The molecular formula is C22H27N4O4+. The van der Waals surface area contributed by atoms with Crippen molar-refractivity contribution in [3.05, 3.63) is 48.5 Å². The van der Waals surface area contributed by atoms with Crippen LogP contribution in [0.1, 0.15) is 13.8 Å². The third-order valence-electron chi connectivity index (χ3n) is 5.03. The number of carbonyl (C=O) groups excluding carboxylic acids is 3. The van der Waals surface area contributed by atoms with Gasteiger partial charge in [-0.2, -0.15) is 0 Å². The minimum Gasteiger partial charge on any atom is -0.497 e. The number of hydrogen-bond acceptors (Lipinski definition) is 4. The number of nitrogens with zero attached hydrogens (tertiary/aromatic N) is 1. The number of methoxy groups -OCH3 is 1. The Morgan fingerprint density at radius 3 is 2.60 bits per heavy atom. The van der Waals surface area contributed by atoms with Gasteiger partial charge in [0.25, 0.3) is 11.8 Å². The second-order valence-electron chi connectivity index (χ2n) is 7.85. The predicted molar refractivity (Wildman–Crippen MR) is 115 cm³/mol. The van der Waals surface area contributed by atoms with Crippen molar-refractivity contribution in [3.63, 3.8) is 0 Å². The summed E-state index contributed by atoms with van der Waals surface area (Å²) in [4.78, 5) is 40.3. The van der Waals surface area contributed by atoms with E-state index in [0.717, 1.165) is 0 Å². The zero-order valence-electron chi connectivity index (χ0n) is 17.6. The zero-order chi connectivity index (χ0) is 21.9. The highest BCUT2D eigenvalue weighted by Crippen LogP contribution is 2.36. The van der Waals surface area contributed by atoms with Gasteiger partial charge in [0.1, 0.15) is 11.3 Å². The average molecular weight is 411 g/mol. The molecule has 3 N–H and O–H groups in total. The molecule has 0 aliphatic carbocycles. The van der Waals surface area contributed by atoms with Crippen molar-refractivity contribution < 1.29 is 24.0 Å². The van der Waals surface area contributed by atoms with Gasteiger partial charge >= 0.3 is 0 Å². The average Bonchev–Trinajstić information content (AvgIpc) is 2.68. The van der Waals surface area contributed by atoms with Crippen LogP contribution >= 0.6 is 0 Å². The van der Waals surface area contributed by atoms with Crippen LogP contribution in [0.4, 0.5) is 17.1 Å². The second-order valence-corrected chi connectivity index (χ2v) is 7.85. The summed E-state index contributed by atoms with van der Waals surface area (Å²) < 4.78 is 5.15. The van der Waals surface area contributed by atoms with Crippen molar-refractivity contribution in [2.45, 2.75) is 19.4 Å². The van der Waals surface area contributed by atoms with Crippen molar-refractivity contribution in [2.75, 3.05) is 42.8 Å². The number of carbonyl (C=O) groups is 3. The molecule has 1 heterocycles. The number of rotatable bonds is 6. The highest BCUT2D eigenvalue weighted by molar-refractivity contribution is 6.14. The molecular weight excluding hydrogens is 384 g/mol. The minimum absolute atomic E-state index is 0.0660. The van der Waals surface area contributed by atoms with E-state index in [1.807, 2.05) is 6.07 Å². The van der Waals surface area contributed by atoms with E-state index in [2.05, 4.69) is 10.6 Å². The van der Waals surface area contributed by atoms with Crippen molar-refractivity contribution in [1.29, 1.82) is 0 Å². The molecule has 0 saturated heterocycles. The van der Waals surface area contributed by atoms with Gasteiger partial charge in [-0.15, -0.1) is 0 Å². The van der Waals surface area contributed by atoms with Crippen LogP contribution in [-0.4, -0.2) is 50.5 Å². The standard InChI is InChI=1S/C22H26N4O4/c1-22(2)21(29)24-17-10-5-6-11-18(17)26(22)20(28)14-25(3)13-19(27)23-15-8-7-9-16(12-15)30-4/h5-12H,13-14H2,1-4H3,(H,23,27)(H,24,29)/p+1. The molecule has 1 unspecified atom stereocenters. The zero-order valence-corrected chi connectivity index (χ0v) is 17.6. The van der Waals surface area contributed by atoms with Crippen LogP contribution in [0.2, 0.25) is 0 Å². The number of benzene rings is 2. The summed E-state index contributed by atoms with van der Waals surface area (Å²) in [7, 11) is 3.33. The molecule has 158 valence electrons. The largest absolute Gasteiger partial charge is 0.497 e. The molecule has 2 aromatic rings. The number of ether oxygens (including phenoxy) is 1. The molecule has 0 bridgehead atoms. The van der Waals surface area contributed by atoms with Crippen LogP contribution in [-0.2, 0) is 14.4 Å². The quantitative estimate of drug-likeness (QED) is 0.659. The Labute approximate surface area is 175 Å². The molecule has 0 radical (unpaired) electrons. The molecule has 1 aliphatic heterocycles. The van der Waals surface area contributed by atoms with Gasteiger partial charge in [-0.25, -0.2) is 0 Å². The normalized spacial score (nSPS) is 15.6. The number of likely N-dealkylation sites (N-methyl/N-ethyl adjacent to an activating group) is 1. The van der Waals surface area contributed by atoms with E-state index < -0.39 is 5.54 Å². The Kier molecular flexibility index (Phi) is 6.07. The molecule has 0 spiro atoms. The Bertz CT molecular complexity index is 973. The lowest BCUT2D eigenvalue weighted by Crippen LogP contribution is -3.11. The first-order chi connectivity index (χ1) is 14.2. The van der Waals surface area contributed by atoms with Crippen LogP contribution in [0, 0.1) is 0 Å². The first kappa shape index (κ1) is 21.3. The molecule has 30 heavy (non-hydrogen) atoms. The fourth-order valence-corrected chi connectivity index (χ4v) is 3.48. The van der Waals surface area contributed by atoms with E-state index >= 15 is 0 Å². The molecule has 2 aromatic carbocycles. The number of fused-ring (bicyclic) bond motifs is 1. The number of quaternary nitrogens is 1. The molecule has 1 atom stereocenters. The lowest BCUT2D eigenvalue weighted by molar-refractivity contribution is -0.862. The highest BCUT2D eigenvalue weighted by atomic mass is 16.5. The van der Waals surface area contributed by atoms with Gasteiger partial charge < -0.3 is 20.3 Å². The predicted octanol–water partition coefficient (Wildman–Crippen LogP) is 0.912. The number of amides is 3. The van der Waals surface area contributed by atoms with Gasteiger partial charge in [0.2, 0.25) is 5.91 Å². The maximum atomic E-state index is 13.1. The van der Waals surface area contributed by atoms with Crippen molar-refractivity contribution in [1.82, 2.24) is 0 Å². The summed E-state index contributed by atoms with van der Waals surface area (Å²) in [6.07, 6.45) is 0. The van der Waals surface area contributed by atoms with Crippen molar-refractivity contribution >= 4 is 34.8 Å². The Morgan fingerprint density at radius 1 is 1.13 bits per heavy atom. The fourth-order valence-electron chi connectivity index (χ4n) is 3.48. The molecule has 8 nitrogen and oxygen atoms in total. The molecule has 1 aliphatic rings. The summed E-state index contributed by atoms with van der Waals surface area (Å²) >= 11 is 0. The summed E-state index contributed by atoms with van der Waals surface area (Å²) in [6.45, 7) is 3.59. The van der Waals surface area contributed by atoms with E-state index in [0.29, 0.717) is 27.7 Å². The van der Waals surface area contributed by atoms with Gasteiger partial charge in [0.15, 0.2) is 13.1 Å². The second kappa shape index (κ2) is 8.54. The van der Waals surface area contributed by atoms with Crippen LogP contribution in [0.25, 0.3) is 0 Å². The lowest BCUT2D eigenvalue weighted by Gasteiger charge is -2.42. The molecule has 8 heteroatoms. The van der Waals surface area contributed by atoms with Crippen LogP contribution in [0.5, 0.6) is 5.75 Å². The Hall–Kier alpha value is -3.39. The van der Waals surface area contributed by atoms with E-state index in [1.54, 1.807) is 70.5 Å². The van der Waals surface area contributed by atoms with Crippen LogP contribution in [0.15, 0.2) is 48.5 Å². The molecule has 0 fully saturated rings. The third-order valence-corrected chi connectivity index (χ3v) is 5.03. The van der Waals surface area contributed by atoms with Gasteiger partial charge in [-0.1, -0.05) is 18.2 Å². The van der Waals surface area contributed by atoms with Gasteiger partial charge in [-0.05, 0) is 38.1 Å². The minimum atomic E-state index is -1.03. The molecule has 3 rings (SSSR count).